The molecular formula is C15H24N2O2. The largest absolute Gasteiger partial charge is 0.342 e. The highest BCUT2D eigenvalue weighted by Gasteiger charge is 2.42. The van der Waals surface area contributed by atoms with Gasteiger partial charge in [-0.25, -0.2) is 0 Å². The molecule has 3 atom stereocenters. The lowest BCUT2D eigenvalue weighted by Gasteiger charge is -2.41. The van der Waals surface area contributed by atoms with Crippen LogP contribution in [0, 0.1) is 23.7 Å². The van der Waals surface area contributed by atoms with Crippen molar-refractivity contribution in [1.29, 1.82) is 0 Å². The third-order valence-corrected chi connectivity index (χ3v) is 3.72. The summed E-state index contributed by atoms with van der Waals surface area (Å²) in [5.41, 5.74) is 0. The standard InChI is InChI=1S/C15H24N2O2/c1-6-8-9-17-13(10(3)4)14(18)16-12(15(17)19)11(5)7-2/h10-13H,7,9H2,1-5H3,(H,16,18). The normalized spacial score (nSPS) is 24.8. The summed E-state index contributed by atoms with van der Waals surface area (Å²) in [5, 5.41) is 2.88. The van der Waals surface area contributed by atoms with Gasteiger partial charge >= 0.3 is 0 Å². The summed E-state index contributed by atoms with van der Waals surface area (Å²) in [7, 11) is 0. The molecule has 1 aliphatic rings. The first-order valence-corrected chi connectivity index (χ1v) is 6.94. The molecule has 0 bridgehead atoms. The van der Waals surface area contributed by atoms with Gasteiger partial charge in [0.2, 0.25) is 11.8 Å². The maximum atomic E-state index is 12.5. The van der Waals surface area contributed by atoms with Crippen LogP contribution >= 0.6 is 0 Å². The highest BCUT2D eigenvalue weighted by molar-refractivity contribution is 5.97. The highest BCUT2D eigenvalue weighted by Crippen LogP contribution is 2.21. The Hall–Kier alpha value is -1.50. The summed E-state index contributed by atoms with van der Waals surface area (Å²) in [4.78, 5) is 26.4. The fourth-order valence-electron chi connectivity index (χ4n) is 2.38. The molecule has 106 valence electrons. The number of piperazine rings is 1. The Labute approximate surface area is 115 Å². The molecule has 4 nitrogen and oxygen atoms in total. The first-order chi connectivity index (χ1) is 8.93. The zero-order valence-electron chi connectivity index (χ0n) is 12.5. The average molecular weight is 264 g/mol. The zero-order valence-corrected chi connectivity index (χ0v) is 12.5. The van der Waals surface area contributed by atoms with Crippen LogP contribution in [0.25, 0.3) is 0 Å². The molecule has 3 unspecified atom stereocenters. The van der Waals surface area contributed by atoms with Gasteiger partial charge < -0.3 is 10.2 Å². The predicted molar refractivity (Wildman–Crippen MR) is 75.2 cm³/mol. The predicted octanol–water partition coefficient (Wildman–Crippen LogP) is 1.41. The monoisotopic (exact) mass is 264 g/mol. The van der Waals surface area contributed by atoms with Crippen molar-refractivity contribution < 1.29 is 9.59 Å². The van der Waals surface area contributed by atoms with Gasteiger partial charge in [0.1, 0.15) is 12.1 Å². The van der Waals surface area contributed by atoms with Crippen LogP contribution < -0.4 is 5.32 Å². The third-order valence-electron chi connectivity index (χ3n) is 3.72. The van der Waals surface area contributed by atoms with Crippen LogP contribution in [0.2, 0.25) is 0 Å². The molecule has 0 aromatic heterocycles. The number of carbonyl (C=O) groups excluding carboxylic acids is 2. The molecule has 1 heterocycles. The molecule has 0 aromatic carbocycles. The van der Waals surface area contributed by atoms with Crippen molar-refractivity contribution in [3.63, 3.8) is 0 Å². The quantitative estimate of drug-likeness (QED) is 0.780. The molecule has 0 aliphatic carbocycles. The van der Waals surface area contributed by atoms with Crippen molar-refractivity contribution in [3.05, 3.63) is 0 Å². The van der Waals surface area contributed by atoms with Crippen LogP contribution in [-0.2, 0) is 9.59 Å². The van der Waals surface area contributed by atoms with Crippen LogP contribution in [0.3, 0.4) is 0 Å². The zero-order chi connectivity index (χ0) is 14.6. The Morgan fingerprint density at radius 3 is 2.42 bits per heavy atom. The number of rotatable bonds is 4. The van der Waals surface area contributed by atoms with Crippen LogP contribution in [0.4, 0.5) is 0 Å². The van der Waals surface area contributed by atoms with Crippen molar-refractivity contribution >= 4 is 11.8 Å². The number of hydrogen-bond donors (Lipinski definition) is 1. The number of carbonyl (C=O) groups is 2. The minimum atomic E-state index is -0.411. The highest BCUT2D eigenvalue weighted by atomic mass is 16.2. The molecule has 1 rings (SSSR count). The van der Waals surface area contributed by atoms with E-state index in [1.807, 2.05) is 27.7 Å². The number of nitrogens with zero attached hydrogens (tertiary/aromatic N) is 1. The van der Waals surface area contributed by atoms with E-state index in [4.69, 9.17) is 0 Å². The Kier molecular flexibility index (Phi) is 5.41. The Morgan fingerprint density at radius 2 is 1.95 bits per heavy atom. The fourth-order valence-corrected chi connectivity index (χ4v) is 2.38. The summed E-state index contributed by atoms with van der Waals surface area (Å²) in [6.45, 7) is 9.99. The topological polar surface area (TPSA) is 49.4 Å². The third kappa shape index (κ3) is 3.28. The van der Waals surface area contributed by atoms with Crippen LogP contribution in [-0.4, -0.2) is 35.3 Å². The van der Waals surface area contributed by atoms with E-state index < -0.39 is 12.1 Å². The first kappa shape index (κ1) is 15.6. The summed E-state index contributed by atoms with van der Waals surface area (Å²) in [5.74, 6) is 5.86. The van der Waals surface area contributed by atoms with E-state index in [2.05, 4.69) is 17.2 Å². The Morgan fingerprint density at radius 1 is 1.32 bits per heavy atom. The van der Waals surface area contributed by atoms with E-state index in [0.717, 1.165) is 6.42 Å². The molecular weight excluding hydrogens is 240 g/mol. The van der Waals surface area contributed by atoms with Gasteiger partial charge in [-0.15, -0.1) is 5.92 Å². The molecule has 0 saturated carbocycles. The second-order valence-corrected chi connectivity index (χ2v) is 5.45. The van der Waals surface area contributed by atoms with Gasteiger partial charge in [-0.2, -0.15) is 0 Å². The molecule has 0 spiro atoms. The van der Waals surface area contributed by atoms with Crippen molar-refractivity contribution in [2.45, 2.75) is 53.1 Å². The smallest absolute Gasteiger partial charge is 0.246 e. The van der Waals surface area contributed by atoms with E-state index in [1.54, 1.807) is 11.8 Å². The summed E-state index contributed by atoms with van der Waals surface area (Å²) in [6, 6.07) is -0.820. The lowest BCUT2D eigenvalue weighted by molar-refractivity contribution is -0.151. The molecule has 1 fully saturated rings. The second-order valence-electron chi connectivity index (χ2n) is 5.45. The van der Waals surface area contributed by atoms with Crippen molar-refractivity contribution in [1.82, 2.24) is 10.2 Å². The van der Waals surface area contributed by atoms with E-state index in [-0.39, 0.29) is 23.7 Å². The van der Waals surface area contributed by atoms with Gasteiger partial charge in [0.15, 0.2) is 0 Å². The summed E-state index contributed by atoms with van der Waals surface area (Å²) >= 11 is 0. The first-order valence-electron chi connectivity index (χ1n) is 6.94. The Bertz CT molecular complexity index is 406. The van der Waals surface area contributed by atoms with Crippen molar-refractivity contribution in [3.8, 4) is 11.8 Å². The lowest BCUT2D eigenvalue weighted by Crippen LogP contribution is -2.66. The van der Waals surface area contributed by atoms with E-state index in [9.17, 15) is 9.59 Å². The Balaban J connectivity index is 3.03. The molecule has 1 aliphatic heterocycles. The minimum absolute atomic E-state index is 0.00426. The fraction of sp³-hybridized carbons (Fsp3) is 0.733. The van der Waals surface area contributed by atoms with E-state index in [0.29, 0.717) is 6.54 Å². The molecule has 2 amide bonds. The van der Waals surface area contributed by atoms with Gasteiger partial charge in [0, 0.05) is 0 Å². The summed E-state index contributed by atoms with van der Waals surface area (Å²) in [6.07, 6.45) is 0.857. The van der Waals surface area contributed by atoms with Crippen molar-refractivity contribution in [2.75, 3.05) is 6.54 Å². The second kappa shape index (κ2) is 6.60. The average Bonchev–Trinajstić information content (AvgIpc) is 2.37. The van der Waals surface area contributed by atoms with Crippen LogP contribution in [0.5, 0.6) is 0 Å². The molecule has 0 aromatic rings. The van der Waals surface area contributed by atoms with Crippen LogP contribution in [0.1, 0.15) is 41.0 Å². The molecule has 1 N–H and O–H groups in total. The number of nitrogens with one attached hydrogen (secondary N) is 1. The number of amides is 2. The molecule has 1 saturated heterocycles. The van der Waals surface area contributed by atoms with Gasteiger partial charge in [-0.1, -0.05) is 40.0 Å². The van der Waals surface area contributed by atoms with E-state index in [1.165, 1.54) is 0 Å². The lowest BCUT2D eigenvalue weighted by atomic mass is 9.91. The maximum absolute atomic E-state index is 12.5. The molecule has 4 heteroatoms. The van der Waals surface area contributed by atoms with Gasteiger partial charge in [0.25, 0.3) is 0 Å². The minimum Gasteiger partial charge on any atom is -0.342 e. The molecule has 0 radical (unpaired) electrons. The van der Waals surface area contributed by atoms with Gasteiger partial charge in [0.05, 0.1) is 6.54 Å². The van der Waals surface area contributed by atoms with Gasteiger partial charge in [-0.05, 0) is 18.8 Å². The maximum Gasteiger partial charge on any atom is 0.246 e. The SMILES string of the molecule is CC#CCN1C(=O)C(C(C)CC)NC(=O)C1C(C)C. The van der Waals surface area contributed by atoms with Crippen molar-refractivity contribution in [2.24, 2.45) is 11.8 Å². The van der Waals surface area contributed by atoms with Crippen LogP contribution in [0.15, 0.2) is 0 Å². The van der Waals surface area contributed by atoms with E-state index >= 15 is 0 Å². The summed E-state index contributed by atoms with van der Waals surface area (Å²) < 4.78 is 0. The van der Waals surface area contributed by atoms with Gasteiger partial charge in [-0.3, -0.25) is 9.59 Å². The number of hydrogen-bond acceptors (Lipinski definition) is 2. The molecule has 19 heavy (non-hydrogen) atoms.